The first kappa shape index (κ1) is 24.4. The predicted molar refractivity (Wildman–Crippen MR) is 125 cm³/mol. The largest absolute Gasteiger partial charge is 0.462 e. The average molecular weight is 467 g/mol. The molecular weight excluding hydrogens is 442 g/mol. The van der Waals surface area contributed by atoms with Gasteiger partial charge in [-0.05, 0) is 51.1 Å². The Kier molecular flexibility index (Phi) is 7.62. The Balaban J connectivity index is 1.98. The van der Waals surface area contributed by atoms with E-state index < -0.39 is 35.6 Å². The number of carbonyl (C=O) groups excluding carboxylic acids is 3. The Morgan fingerprint density at radius 3 is 2.00 bits per heavy atom. The molecule has 1 heterocycles. The van der Waals surface area contributed by atoms with Crippen molar-refractivity contribution < 1.29 is 23.9 Å². The van der Waals surface area contributed by atoms with Gasteiger partial charge in [0.2, 0.25) is 5.91 Å². The Morgan fingerprint density at radius 1 is 0.853 bits per heavy atom. The van der Waals surface area contributed by atoms with Crippen LogP contribution in [0.1, 0.15) is 41.5 Å². The average Bonchev–Trinajstić information content (AvgIpc) is 2.82. The van der Waals surface area contributed by atoms with Crippen molar-refractivity contribution in [2.45, 2.75) is 33.9 Å². The number of hydrogen-bond acceptors (Lipinski definition) is 7. The molecule has 0 aliphatic carbocycles. The lowest BCUT2D eigenvalue weighted by molar-refractivity contribution is -0.116. The molecule has 34 heavy (non-hydrogen) atoms. The molecule has 0 fully saturated rings. The summed E-state index contributed by atoms with van der Waals surface area (Å²) in [5.41, 5.74) is -0.450. The first-order chi connectivity index (χ1) is 16.3. The zero-order valence-corrected chi connectivity index (χ0v) is 19.1. The minimum Gasteiger partial charge on any atom is -0.462 e. The zero-order chi connectivity index (χ0) is 24.8. The molecule has 2 aromatic carbocycles. The standard InChI is InChI=1S/C24H25N3O7/c1-4-26-21(29)18-9-7-8-10-19(18)27(24(26)32)14-20(28)25-17-12-15(22(30)33-5-2)11-16(13-17)23(31)34-6-3/h7-13H,4-6,14H2,1-3H3,(H,25,28). The van der Waals surface area contributed by atoms with E-state index in [0.29, 0.717) is 10.9 Å². The van der Waals surface area contributed by atoms with Crippen molar-refractivity contribution in [1.29, 1.82) is 0 Å². The highest BCUT2D eigenvalue weighted by Crippen LogP contribution is 2.18. The van der Waals surface area contributed by atoms with Gasteiger partial charge < -0.3 is 14.8 Å². The van der Waals surface area contributed by atoms with Crippen molar-refractivity contribution in [1.82, 2.24) is 9.13 Å². The minimum absolute atomic E-state index is 0.0600. The van der Waals surface area contributed by atoms with Crippen molar-refractivity contribution in [3.8, 4) is 0 Å². The molecule has 0 radical (unpaired) electrons. The first-order valence-corrected chi connectivity index (χ1v) is 10.8. The summed E-state index contributed by atoms with van der Waals surface area (Å²) in [5, 5.41) is 2.92. The number of esters is 2. The molecule has 3 rings (SSSR count). The summed E-state index contributed by atoms with van der Waals surface area (Å²) in [6.45, 7) is 4.98. The Hall–Kier alpha value is -4.21. The molecule has 3 aromatic rings. The van der Waals surface area contributed by atoms with Crippen LogP contribution in [0.2, 0.25) is 0 Å². The molecule has 0 aliphatic rings. The second-order valence-electron chi connectivity index (χ2n) is 7.22. The van der Waals surface area contributed by atoms with Crippen LogP contribution in [0.15, 0.2) is 52.1 Å². The van der Waals surface area contributed by atoms with E-state index in [1.54, 1.807) is 45.0 Å². The fraction of sp³-hybridized carbons (Fsp3) is 0.292. The van der Waals surface area contributed by atoms with Crippen molar-refractivity contribution in [2.75, 3.05) is 18.5 Å². The van der Waals surface area contributed by atoms with Gasteiger partial charge in [0.15, 0.2) is 0 Å². The lowest BCUT2D eigenvalue weighted by Crippen LogP contribution is -2.41. The van der Waals surface area contributed by atoms with Gasteiger partial charge in [0, 0.05) is 12.2 Å². The molecular formula is C24H25N3O7. The Morgan fingerprint density at radius 2 is 1.44 bits per heavy atom. The number of aromatic nitrogens is 2. The SMILES string of the molecule is CCOC(=O)c1cc(NC(=O)Cn2c(=O)n(CC)c(=O)c3ccccc32)cc(C(=O)OCC)c1. The lowest BCUT2D eigenvalue weighted by atomic mass is 10.1. The van der Waals surface area contributed by atoms with Gasteiger partial charge in [0.05, 0.1) is 35.2 Å². The quantitative estimate of drug-likeness (QED) is 0.503. The van der Waals surface area contributed by atoms with Gasteiger partial charge in [0.1, 0.15) is 6.54 Å². The summed E-state index contributed by atoms with van der Waals surface area (Å²) >= 11 is 0. The zero-order valence-electron chi connectivity index (χ0n) is 19.1. The van der Waals surface area contributed by atoms with Gasteiger partial charge >= 0.3 is 17.6 Å². The van der Waals surface area contributed by atoms with E-state index in [-0.39, 0.29) is 36.6 Å². The maximum Gasteiger partial charge on any atom is 0.338 e. The smallest absolute Gasteiger partial charge is 0.338 e. The van der Waals surface area contributed by atoms with E-state index in [2.05, 4.69) is 5.32 Å². The van der Waals surface area contributed by atoms with Crippen LogP contribution in [0, 0.1) is 0 Å². The third-order valence-corrected chi connectivity index (χ3v) is 4.99. The van der Waals surface area contributed by atoms with Gasteiger partial charge in [-0.25, -0.2) is 14.4 Å². The van der Waals surface area contributed by atoms with Crippen LogP contribution in [0.4, 0.5) is 5.69 Å². The van der Waals surface area contributed by atoms with Crippen LogP contribution < -0.4 is 16.6 Å². The number of ether oxygens (including phenoxy) is 2. The van der Waals surface area contributed by atoms with Crippen molar-refractivity contribution >= 4 is 34.4 Å². The fourth-order valence-corrected chi connectivity index (χ4v) is 3.51. The van der Waals surface area contributed by atoms with E-state index in [0.717, 1.165) is 4.57 Å². The van der Waals surface area contributed by atoms with Crippen LogP contribution in [0.5, 0.6) is 0 Å². The second kappa shape index (κ2) is 10.6. The highest BCUT2D eigenvalue weighted by atomic mass is 16.5. The number of carbonyl (C=O) groups is 3. The highest BCUT2D eigenvalue weighted by Gasteiger charge is 2.18. The summed E-state index contributed by atoms with van der Waals surface area (Å²) < 4.78 is 12.3. The van der Waals surface area contributed by atoms with Gasteiger partial charge in [-0.2, -0.15) is 0 Å². The molecule has 0 unspecified atom stereocenters. The number of para-hydroxylation sites is 1. The fourth-order valence-electron chi connectivity index (χ4n) is 3.51. The minimum atomic E-state index is -0.665. The van der Waals surface area contributed by atoms with Crippen molar-refractivity contribution in [2.24, 2.45) is 0 Å². The van der Waals surface area contributed by atoms with Crippen LogP contribution >= 0.6 is 0 Å². The third kappa shape index (κ3) is 5.06. The molecule has 0 saturated carbocycles. The van der Waals surface area contributed by atoms with E-state index in [1.165, 1.54) is 22.8 Å². The number of benzene rings is 2. The molecule has 1 amide bonds. The lowest BCUT2D eigenvalue weighted by Gasteiger charge is -2.14. The van der Waals surface area contributed by atoms with E-state index in [9.17, 15) is 24.0 Å². The van der Waals surface area contributed by atoms with Crippen molar-refractivity contribution in [3.05, 3.63) is 74.4 Å². The highest BCUT2D eigenvalue weighted by molar-refractivity contribution is 5.99. The molecule has 10 nitrogen and oxygen atoms in total. The molecule has 1 aromatic heterocycles. The van der Waals surface area contributed by atoms with Gasteiger partial charge in [-0.3, -0.25) is 18.7 Å². The van der Waals surface area contributed by atoms with Gasteiger partial charge in [-0.1, -0.05) is 12.1 Å². The van der Waals surface area contributed by atoms with Crippen LogP contribution in [0.3, 0.4) is 0 Å². The van der Waals surface area contributed by atoms with Crippen LogP contribution in [0.25, 0.3) is 10.9 Å². The normalized spacial score (nSPS) is 10.7. The molecule has 0 aliphatic heterocycles. The first-order valence-electron chi connectivity index (χ1n) is 10.8. The number of rotatable bonds is 8. The number of anilines is 1. The number of fused-ring (bicyclic) bond motifs is 1. The van der Waals surface area contributed by atoms with Gasteiger partial charge in [0.25, 0.3) is 5.56 Å². The maximum atomic E-state index is 12.9. The van der Waals surface area contributed by atoms with Crippen LogP contribution in [-0.4, -0.2) is 40.2 Å². The molecule has 0 saturated heterocycles. The Bertz CT molecular complexity index is 1330. The molecule has 0 spiro atoms. The molecule has 1 N–H and O–H groups in total. The molecule has 0 bridgehead atoms. The monoisotopic (exact) mass is 467 g/mol. The predicted octanol–water partition coefficient (Wildman–Crippen LogP) is 2.18. The van der Waals surface area contributed by atoms with E-state index in [4.69, 9.17) is 9.47 Å². The summed E-state index contributed by atoms with van der Waals surface area (Å²) in [6.07, 6.45) is 0. The second-order valence-corrected chi connectivity index (χ2v) is 7.22. The number of hydrogen-bond donors (Lipinski definition) is 1. The van der Waals surface area contributed by atoms with Crippen LogP contribution in [-0.2, 0) is 27.4 Å². The van der Waals surface area contributed by atoms with E-state index >= 15 is 0 Å². The summed E-state index contributed by atoms with van der Waals surface area (Å²) in [4.78, 5) is 62.8. The molecule has 10 heteroatoms. The summed E-state index contributed by atoms with van der Waals surface area (Å²) in [5.74, 6) is -1.92. The van der Waals surface area contributed by atoms with Crippen molar-refractivity contribution in [3.63, 3.8) is 0 Å². The number of nitrogens with one attached hydrogen (secondary N) is 1. The maximum absolute atomic E-state index is 12.9. The topological polar surface area (TPSA) is 126 Å². The summed E-state index contributed by atoms with van der Waals surface area (Å²) in [6, 6.07) is 10.6. The molecule has 0 atom stereocenters. The third-order valence-electron chi connectivity index (χ3n) is 4.99. The Labute approximate surface area is 194 Å². The number of amides is 1. The molecule has 178 valence electrons. The number of nitrogens with zero attached hydrogens (tertiary/aromatic N) is 2. The summed E-state index contributed by atoms with van der Waals surface area (Å²) in [7, 11) is 0. The van der Waals surface area contributed by atoms with Gasteiger partial charge in [-0.15, -0.1) is 0 Å². The van der Waals surface area contributed by atoms with E-state index in [1.807, 2.05) is 0 Å².